The van der Waals surface area contributed by atoms with E-state index in [9.17, 15) is 8.42 Å². The average Bonchev–Trinajstić information content (AvgIpc) is 2.68. The zero-order chi connectivity index (χ0) is 21.0. The topological polar surface area (TPSA) is 78.4 Å². The lowest BCUT2D eigenvalue weighted by Gasteiger charge is -2.24. The zero-order valence-corrected chi connectivity index (χ0v) is 18.7. The number of aromatic nitrogens is 2. The van der Waals surface area contributed by atoms with Crippen LogP contribution in [0.15, 0.2) is 30.3 Å². The number of rotatable bonds is 7. The van der Waals surface area contributed by atoms with Crippen LogP contribution in [0.4, 0.5) is 5.82 Å². The summed E-state index contributed by atoms with van der Waals surface area (Å²) in [5.41, 5.74) is 1.36. The van der Waals surface area contributed by atoms with Gasteiger partial charge in [-0.1, -0.05) is 23.7 Å². The summed E-state index contributed by atoms with van der Waals surface area (Å²) < 4.78 is 27.0. The Bertz CT molecular complexity index is 946. The summed E-state index contributed by atoms with van der Waals surface area (Å²) in [4.78, 5) is 11.3. The molecule has 0 radical (unpaired) electrons. The van der Waals surface area contributed by atoms with Crippen LogP contribution in [0.3, 0.4) is 0 Å². The summed E-state index contributed by atoms with van der Waals surface area (Å²) in [5.74, 6) is 1.71. The highest BCUT2D eigenvalue weighted by molar-refractivity contribution is 7.88. The smallest absolute Gasteiger partial charge is 0.218 e. The Morgan fingerprint density at radius 2 is 2.00 bits per heavy atom. The fourth-order valence-electron chi connectivity index (χ4n) is 3.34. The largest absolute Gasteiger partial charge is 0.363 e. The molecule has 1 N–H and O–H groups in total. The van der Waals surface area contributed by atoms with Crippen LogP contribution in [0.25, 0.3) is 0 Å². The van der Waals surface area contributed by atoms with Crippen LogP contribution in [-0.2, 0) is 22.3 Å². The molecule has 0 aliphatic carbocycles. The van der Waals surface area contributed by atoms with Gasteiger partial charge in [0.2, 0.25) is 10.0 Å². The standard InChI is InChI=1S/C20H28ClN5O2S/c1-25(2)19-11-18(23-20(24-19)16-7-5-9-22-12-16)13-26(3)29(27,28)14-15-6-4-8-17(21)10-15/h4,6,8,10-11,16,22H,5,7,9,12-14H2,1-3H3/t16-/m1/s1. The highest BCUT2D eigenvalue weighted by Gasteiger charge is 2.23. The number of anilines is 1. The molecule has 2 heterocycles. The summed E-state index contributed by atoms with van der Waals surface area (Å²) in [6, 6.07) is 8.78. The second-order valence-corrected chi connectivity index (χ2v) is 10.2. The van der Waals surface area contributed by atoms with Crippen molar-refractivity contribution in [1.82, 2.24) is 19.6 Å². The number of piperidine rings is 1. The molecule has 1 fully saturated rings. The van der Waals surface area contributed by atoms with Gasteiger partial charge in [-0.25, -0.2) is 18.4 Å². The van der Waals surface area contributed by atoms with E-state index in [0.29, 0.717) is 16.3 Å². The van der Waals surface area contributed by atoms with E-state index in [-0.39, 0.29) is 18.2 Å². The first-order valence-electron chi connectivity index (χ1n) is 9.69. The van der Waals surface area contributed by atoms with Crippen LogP contribution in [0.1, 0.15) is 35.8 Å². The Morgan fingerprint density at radius 1 is 1.21 bits per heavy atom. The predicted molar refractivity (Wildman–Crippen MR) is 117 cm³/mol. The van der Waals surface area contributed by atoms with Crippen LogP contribution in [0.2, 0.25) is 5.02 Å². The van der Waals surface area contributed by atoms with Gasteiger partial charge in [0.15, 0.2) is 0 Å². The minimum absolute atomic E-state index is 0.102. The van der Waals surface area contributed by atoms with Gasteiger partial charge in [0, 0.05) is 44.7 Å². The molecule has 9 heteroatoms. The first kappa shape index (κ1) is 22.0. The van der Waals surface area contributed by atoms with Crippen LogP contribution >= 0.6 is 11.6 Å². The Hall–Kier alpha value is -1.74. The van der Waals surface area contributed by atoms with E-state index in [1.54, 1.807) is 31.3 Å². The van der Waals surface area contributed by atoms with Gasteiger partial charge in [0.1, 0.15) is 11.6 Å². The molecule has 0 unspecified atom stereocenters. The van der Waals surface area contributed by atoms with Crippen molar-refractivity contribution in [1.29, 1.82) is 0 Å². The van der Waals surface area contributed by atoms with E-state index in [0.717, 1.165) is 37.6 Å². The molecule has 3 rings (SSSR count). The van der Waals surface area contributed by atoms with Crippen molar-refractivity contribution in [2.75, 3.05) is 39.1 Å². The lowest BCUT2D eigenvalue weighted by atomic mass is 9.99. The highest BCUT2D eigenvalue weighted by Crippen LogP contribution is 2.23. The van der Waals surface area contributed by atoms with Gasteiger partial charge in [-0.15, -0.1) is 0 Å². The summed E-state index contributed by atoms with van der Waals surface area (Å²) in [7, 11) is 1.92. The molecule has 1 aromatic carbocycles. The van der Waals surface area contributed by atoms with E-state index >= 15 is 0 Å². The number of nitrogens with zero attached hydrogens (tertiary/aromatic N) is 4. The van der Waals surface area contributed by atoms with Crippen molar-refractivity contribution < 1.29 is 8.42 Å². The molecule has 158 valence electrons. The first-order valence-corrected chi connectivity index (χ1v) is 11.7. The van der Waals surface area contributed by atoms with Gasteiger partial charge in [0.25, 0.3) is 0 Å². The second kappa shape index (κ2) is 9.38. The third-order valence-electron chi connectivity index (χ3n) is 5.00. The molecule has 0 bridgehead atoms. The zero-order valence-electron chi connectivity index (χ0n) is 17.1. The van der Waals surface area contributed by atoms with Gasteiger partial charge in [-0.05, 0) is 37.1 Å². The Labute approximate surface area is 178 Å². The van der Waals surface area contributed by atoms with Crippen LogP contribution < -0.4 is 10.2 Å². The fourth-order valence-corrected chi connectivity index (χ4v) is 4.71. The molecule has 2 aromatic rings. The van der Waals surface area contributed by atoms with Crippen LogP contribution in [-0.4, -0.2) is 56.9 Å². The molecule has 0 amide bonds. The maximum Gasteiger partial charge on any atom is 0.218 e. The Balaban J connectivity index is 1.81. The number of halogens is 1. The van der Waals surface area contributed by atoms with Crippen LogP contribution in [0, 0.1) is 0 Å². The molecule has 0 saturated carbocycles. The predicted octanol–water partition coefficient (Wildman–Crippen LogP) is 2.62. The van der Waals surface area contributed by atoms with Crippen molar-refractivity contribution in [3.05, 3.63) is 52.4 Å². The molecule has 1 aliphatic heterocycles. The quantitative estimate of drug-likeness (QED) is 0.717. The van der Waals surface area contributed by atoms with Gasteiger partial charge in [-0.2, -0.15) is 4.31 Å². The summed E-state index contributed by atoms with van der Waals surface area (Å²) >= 11 is 5.99. The molecule has 0 spiro atoms. The summed E-state index contributed by atoms with van der Waals surface area (Å²) in [6.45, 7) is 2.06. The number of sulfonamides is 1. The fraction of sp³-hybridized carbons (Fsp3) is 0.500. The average molecular weight is 438 g/mol. The van der Waals surface area contributed by atoms with E-state index in [1.807, 2.05) is 25.1 Å². The maximum atomic E-state index is 12.8. The molecule has 1 aliphatic rings. The number of hydrogen-bond acceptors (Lipinski definition) is 6. The molecule has 1 saturated heterocycles. The van der Waals surface area contributed by atoms with Crippen molar-refractivity contribution in [3.63, 3.8) is 0 Å². The van der Waals surface area contributed by atoms with Gasteiger partial charge < -0.3 is 10.2 Å². The monoisotopic (exact) mass is 437 g/mol. The summed E-state index contributed by atoms with van der Waals surface area (Å²) in [6.07, 6.45) is 2.12. The van der Waals surface area contributed by atoms with Crippen molar-refractivity contribution in [2.24, 2.45) is 0 Å². The van der Waals surface area contributed by atoms with Crippen molar-refractivity contribution in [2.45, 2.75) is 31.1 Å². The molecular formula is C20H28ClN5O2S. The minimum Gasteiger partial charge on any atom is -0.363 e. The first-order chi connectivity index (χ1) is 13.7. The molecule has 1 atom stereocenters. The van der Waals surface area contributed by atoms with Crippen molar-refractivity contribution in [3.8, 4) is 0 Å². The van der Waals surface area contributed by atoms with Crippen molar-refractivity contribution >= 4 is 27.4 Å². The molecular weight excluding hydrogens is 410 g/mol. The van der Waals surface area contributed by atoms with E-state index < -0.39 is 10.0 Å². The van der Waals surface area contributed by atoms with Gasteiger partial charge in [-0.3, -0.25) is 0 Å². The number of nitrogens with one attached hydrogen (secondary N) is 1. The van der Waals surface area contributed by atoms with E-state index in [1.165, 1.54) is 4.31 Å². The lowest BCUT2D eigenvalue weighted by molar-refractivity contribution is 0.438. The number of benzene rings is 1. The molecule has 29 heavy (non-hydrogen) atoms. The van der Waals surface area contributed by atoms with Gasteiger partial charge in [0.05, 0.1) is 18.0 Å². The minimum atomic E-state index is -3.51. The van der Waals surface area contributed by atoms with Gasteiger partial charge >= 0.3 is 0 Å². The van der Waals surface area contributed by atoms with Crippen LogP contribution in [0.5, 0.6) is 0 Å². The second-order valence-electron chi connectivity index (χ2n) is 7.66. The lowest BCUT2D eigenvalue weighted by Crippen LogP contribution is -2.31. The normalized spacial score (nSPS) is 17.5. The van der Waals surface area contributed by atoms with E-state index in [4.69, 9.17) is 21.6 Å². The SMILES string of the molecule is CN(C)c1cc(CN(C)S(=O)(=O)Cc2cccc(Cl)c2)nc([C@@H]2CCCNC2)n1. The molecule has 1 aromatic heterocycles. The Morgan fingerprint density at radius 3 is 2.66 bits per heavy atom. The highest BCUT2D eigenvalue weighted by atomic mass is 35.5. The van der Waals surface area contributed by atoms with E-state index in [2.05, 4.69) is 5.32 Å². The molecule has 7 nitrogen and oxygen atoms in total. The third-order valence-corrected chi connectivity index (χ3v) is 7.01. The summed E-state index contributed by atoms with van der Waals surface area (Å²) in [5, 5.41) is 3.91. The number of hydrogen-bond donors (Lipinski definition) is 1. The maximum absolute atomic E-state index is 12.8. The Kier molecular flexibility index (Phi) is 7.10. The third kappa shape index (κ3) is 5.88.